The molecule has 0 aromatic heterocycles. The number of allylic oxidation sites excluding steroid dienone is 4. The van der Waals surface area contributed by atoms with Crippen LogP contribution in [0.25, 0.3) is 0 Å². The number of amides is 1. The number of aryl methyl sites for hydroxylation is 1. The van der Waals surface area contributed by atoms with Gasteiger partial charge in [0.25, 0.3) is 0 Å². The molecule has 0 aliphatic carbocycles. The lowest BCUT2D eigenvalue weighted by Crippen LogP contribution is -2.28. The van der Waals surface area contributed by atoms with Gasteiger partial charge in [0, 0.05) is 6.42 Å². The summed E-state index contributed by atoms with van der Waals surface area (Å²) in [6, 6.07) is 10.3. The molecule has 2 N–H and O–H groups in total. The van der Waals surface area contributed by atoms with Crippen LogP contribution in [0.1, 0.15) is 39.7 Å². The Kier molecular flexibility index (Phi) is 23.3. The number of carboxylic acid groups (broad SMARTS) is 1. The largest absolute Gasteiger partial charge is 0.480 e. The van der Waals surface area contributed by atoms with E-state index in [1.54, 1.807) is 19.1 Å². The van der Waals surface area contributed by atoms with Crippen molar-refractivity contribution in [3.63, 3.8) is 0 Å². The first-order valence-corrected chi connectivity index (χ1v) is 8.29. The molecule has 4 nitrogen and oxygen atoms in total. The minimum absolute atomic E-state index is 0.239. The fraction of sp³-hybridized carbons (Fsp3) is 0.333. The highest BCUT2D eigenvalue weighted by atomic mass is 16.4. The summed E-state index contributed by atoms with van der Waals surface area (Å²) in [4.78, 5) is 20.1. The number of aliphatic carboxylic acids is 1. The smallest absolute Gasteiger partial charge is 0.322 e. The van der Waals surface area contributed by atoms with Gasteiger partial charge >= 0.3 is 5.97 Å². The molecular weight excluding hydrogens is 314 g/mol. The molecule has 1 amide bonds. The Balaban J connectivity index is -0.000000278. The molecule has 4 heteroatoms. The Bertz CT molecular complexity index is 505. The molecule has 0 radical (unpaired) electrons. The van der Waals surface area contributed by atoms with Gasteiger partial charge in [0.05, 0.1) is 0 Å². The van der Waals surface area contributed by atoms with E-state index in [0.717, 1.165) is 5.57 Å². The SMILES string of the molecule is C=C/C=C(/C)C=C.CC.CCC(=O)NCC(=O)O.Cc1ccccc1. The van der Waals surface area contributed by atoms with E-state index in [1.165, 1.54) is 5.56 Å². The summed E-state index contributed by atoms with van der Waals surface area (Å²) in [6.07, 6.45) is 5.78. The summed E-state index contributed by atoms with van der Waals surface area (Å²) < 4.78 is 0. The molecule has 1 aromatic carbocycles. The molecule has 0 saturated carbocycles. The quantitative estimate of drug-likeness (QED) is 0.743. The fourth-order valence-electron chi connectivity index (χ4n) is 1.09. The van der Waals surface area contributed by atoms with Crippen LogP contribution in [0, 0.1) is 6.92 Å². The maximum atomic E-state index is 10.3. The Morgan fingerprint density at radius 1 is 1.16 bits per heavy atom. The summed E-state index contributed by atoms with van der Waals surface area (Å²) in [5, 5.41) is 10.2. The van der Waals surface area contributed by atoms with Crippen molar-refractivity contribution in [2.75, 3.05) is 6.54 Å². The van der Waals surface area contributed by atoms with E-state index in [4.69, 9.17) is 5.11 Å². The lowest BCUT2D eigenvalue weighted by atomic mass is 10.2. The molecular formula is C21H33NO3. The van der Waals surface area contributed by atoms with Crippen LogP contribution in [0.15, 0.2) is 67.3 Å². The van der Waals surface area contributed by atoms with Crippen molar-refractivity contribution in [1.29, 1.82) is 0 Å². The maximum Gasteiger partial charge on any atom is 0.322 e. The summed E-state index contributed by atoms with van der Waals surface area (Å²) in [7, 11) is 0. The molecule has 0 aliphatic rings. The average Bonchev–Trinajstić information content (AvgIpc) is 2.63. The highest BCUT2D eigenvalue weighted by molar-refractivity contribution is 5.80. The van der Waals surface area contributed by atoms with Gasteiger partial charge in [-0.15, -0.1) is 0 Å². The average molecular weight is 347 g/mol. The van der Waals surface area contributed by atoms with Crippen molar-refractivity contribution in [1.82, 2.24) is 5.32 Å². The van der Waals surface area contributed by atoms with Gasteiger partial charge in [-0.3, -0.25) is 9.59 Å². The Morgan fingerprint density at radius 3 is 1.92 bits per heavy atom. The first kappa shape index (κ1) is 27.2. The zero-order valence-electron chi connectivity index (χ0n) is 16.2. The van der Waals surface area contributed by atoms with Crippen LogP contribution in [-0.2, 0) is 9.59 Å². The fourth-order valence-corrected chi connectivity index (χ4v) is 1.09. The molecule has 0 atom stereocenters. The molecule has 0 bridgehead atoms. The molecule has 0 heterocycles. The van der Waals surface area contributed by atoms with Gasteiger partial charge in [0.15, 0.2) is 0 Å². The summed E-state index contributed by atoms with van der Waals surface area (Å²) >= 11 is 0. The van der Waals surface area contributed by atoms with Crippen molar-refractivity contribution in [2.24, 2.45) is 0 Å². The van der Waals surface area contributed by atoms with Gasteiger partial charge in [0.2, 0.25) is 5.91 Å². The standard InChI is InChI=1S/C7H8.C7H10.C5H9NO3.C2H6/c1-7-5-3-2-4-6-7;1-4-6-7(3)5-2;1-2-4(7)6-3-5(8)9;1-2/h2-6H,1H3;4-6H,1-2H2,3H3;2-3H2,1H3,(H,6,7)(H,8,9);1-2H3/b;7-6-;;. The van der Waals surface area contributed by atoms with Crippen LogP contribution in [0.2, 0.25) is 0 Å². The first-order chi connectivity index (χ1) is 11.9. The molecule has 0 fully saturated rings. The third-order valence-corrected chi connectivity index (χ3v) is 2.40. The molecule has 0 aliphatic heterocycles. The second kappa shape index (κ2) is 21.4. The molecule has 140 valence electrons. The predicted octanol–water partition coefficient (Wildman–Crippen LogP) is 4.92. The van der Waals surface area contributed by atoms with E-state index >= 15 is 0 Å². The third kappa shape index (κ3) is 26.6. The number of hydrogen-bond donors (Lipinski definition) is 2. The minimum Gasteiger partial charge on any atom is -0.480 e. The number of nitrogens with one attached hydrogen (secondary N) is 1. The monoisotopic (exact) mass is 347 g/mol. The minimum atomic E-state index is -1.02. The van der Waals surface area contributed by atoms with Gasteiger partial charge in [-0.25, -0.2) is 0 Å². The predicted molar refractivity (Wildman–Crippen MR) is 108 cm³/mol. The zero-order valence-corrected chi connectivity index (χ0v) is 16.2. The molecule has 1 rings (SSSR count). The zero-order chi connectivity index (χ0) is 20.1. The van der Waals surface area contributed by atoms with Crippen LogP contribution in [-0.4, -0.2) is 23.5 Å². The summed E-state index contributed by atoms with van der Waals surface area (Å²) in [5.74, 6) is -1.26. The van der Waals surface area contributed by atoms with Crippen molar-refractivity contribution in [2.45, 2.75) is 41.0 Å². The topological polar surface area (TPSA) is 66.4 Å². The van der Waals surface area contributed by atoms with Gasteiger partial charge in [-0.2, -0.15) is 0 Å². The van der Waals surface area contributed by atoms with Gasteiger partial charge < -0.3 is 10.4 Å². The molecule has 0 unspecified atom stereocenters. The van der Waals surface area contributed by atoms with Crippen molar-refractivity contribution >= 4 is 11.9 Å². The van der Waals surface area contributed by atoms with Crippen LogP contribution in [0.5, 0.6) is 0 Å². The van der Waals surface area contributed by atoms with E-state index in [-0.39, 0.29) is 12.5 Å². The van der Waals surface area contributed by atoms with Crippen LogP contribution in [0.4, 0.5) is 0 Å². The van der Waals surface area contributed by atoms with Gasteiger partial charge in [-0.1, -0.05) is 93.6 Å². The molecule has 0 spiro atoms. The maximum absolute atomic E-state index is 10.3. The third-order valence-electron chi connectivity index (χ3n) is 2.40. The molecule has 1 aromatic rings. The normalized spacial score (nSPS) is 8.76. The first-order valence-electron chi connectivity index (χ1n) is 8.29. The number of rotatable bonds is 5. The van der Waals surface area contributed by atoms with E-state index in [9.17, 15) is 9.59 Å². The van der Waals surface area contributed by atoms with Crippen molar-refractivity contribution in [3.8, 4) is 0 Å². The number of carboxylic acids is 1. The number of carbonyl (C=O) groups excluding carboxylic acids is 1. The summed E-state index contributed by atoms with van der Waals surface area (Å²) in [5.41, 5.74) is 2.47. The second-order valence-electron chi connectivity index (χ2n) is 4.53. The Hall–Kier alpha value is -2.62. The van der Waals surface area contributed by atoms with Crippen molar-refractivity contribution < 1.29 is 14.7 Å². The van der Waals surface area contributed by atoms with Gasteiger partial charge in [-0.05, 0) is 13.8 Å². The van der Waals surface area contributed by atoms with Crippen LogP contribution >= 0.6 is 0 Å². The molecule has 25 heavy (non-hydrogen) atoms. The summed E-state index contributed by atoms with van der Waals surface area (Å²) in [6.45, 7) is 16.5. The van der Waals surface area contributed by atoms with E-state index < -0.39 is 5.97 Å². The van der Waals surface area contributed by atoms with Crippen LogP contribution < -0.4 is 5.32 Å². The van der Waals surface area contributed by atoms with E-state index in [1.807, 2.05) is 45.0 Å². The lowest BCUT2D eigenvalue weighted by molar-refractivity contribution is -0.137. The highest BCUT2D eigenvalue weighted by Gasteiger charge is 1.98. The number of benzene rings is 1. The Labute approximate surface area is 153 Å². The van der Waals surface area contributed by atoms with Crippen molar-refractivity contribution in [3.05, 3.63) is 72.9 Å². The van der Waals surface area contributed by atoms with Gasteiger partial charge in [0.1, 0.15) is 6.54 Å². The number of carbonyl (C=O) groups is 2. The van der Waals surface area contributed by atoms with E-state index in [0.29, 0.717) is 6.42 Å². The van der Waals surface area contributed by atoms with E-state index in [2.05, 4.69) is 37.5 Å². The molecule has 0 saturated heterocycles. The van der Waals surface area contributed by atoms with Crippen LogP contribution in [0.3, 0.4) is 0 Å². The Morgan fingerprint density at radius 2 is 1.68 bits per heavy atom. The second-order valence-corrected chi connectivity index (χ2v) is 4.53. The lowest BCUT2D eigenvalue weighted by Gasteiger charge is -1.95. The highest BCUT2D eigenvalue weighted by Crippen LogP contribution is 1.92. The number of hydrogen-bond acceptors (Lipinski definition) is 2.